The molecule has 0 unspecified atom stereocenters. The van der Waals surface area contributed by atoms with E-state index in [1.54, 1.807) is 0 Å². The standard InChI is InChI=1S/C74H84N4O10/c1-5-81-33-37-85-69-57-21-15-22-58(69)42-62-46-66(74(80)78-68-31-27-56(28-32-68)52-76-50-54-19-13-10-14-20-54)48-64(72(62)88-40-36-84-8-4)44-60-24-16-23-59(70(60)86-38-34-82-6-2)43-63-47-65(45-61(41-57)71(63)87-39-35-83-7-3)73(79)77-67-29-25-55(26-30-67)51-75-49-53-17-11-9-12-18-53/h9-32,45-48,75-76H,5-8,33-44,49-52H2,1-4H3,(H,77,79)(H,78,80). The SMILES string of the molecule is CCOCCOc1c2cccc1Cc1cc(C(=O)Nc3ccc(CNCc4ccccc4)cc3)cc(c1OCCOCC)Cc1cccc(c1OCCOCC)Cc1cc(C(=O)Nc3ccc(CNCc4ccccc4)cc3)cc(c1OCCOCC)C2. The van der Waals surface area contributed by atoms with Crippen LogP contribution in [0.3, 0.4) is 0 Å². The smallest absolute Gasteiger partial charge is 0.255 e. The lowest BCUT2D eigenvalue weighted by atomic mass is 9.89. The van der Waals surface area contributed by atoms with Crippen LogP contribution in [-0.4, -0.2) is 91.1 Å². The van der Waals surface area contributed by atoms with E-state index in [0.29, 0.717) is 137 Å². The van der Waals surface area contributed by atoms with E-state index < -0.39 is 0 Å². The number of hydrogen-bond acceptors (Lipinski definition) is 12. The van der Waals surface area contributed by atoms with Crippen LogP contribution in [0, 0.1) is 0 Å². The van der Waals surface area contributed by atoms with Crippen molar-refractivity contribution in [1.29, 1.82) is 0 Å². The molecule has 0 aliphatic heterocycles. The summed E-state index contributed by atoms with van der Waals surface area (Å²) in [7, 11) is 0. The largest absolute Gasteiger partial charge is 0.491 e. The van der Waals surface area contributed by atoms with Crippen molar-refractivity contribution in [3.63, 3.8) is 0 Å². The topological polar surface area (TPSA) is 156 Å². The van der Waals surface area contributed by atoms with E-state index in [1.807, 2.05) is 149 Å². The zero-order valence-corrected chi connectivity index (χ0v) is 51.4. The average Bonchev–Trinajstić information content (AvgIpc) is 2.36. The predicted molar refractivity (Wildman–Crippen MR) is 348 cm³/mol. The summed E-state index contributed by atoms with van der Waals surface area (Å²) in [5.41, 5.74) is 13.5. The first-order chi connectivity index (χ1) is 43.3. The molecule has 0 saturated carbocycles. The summed E-state index contributed by atoms with van der Waals surface area (Å²) in [6.07, 6.45) is 1.30. The lowest BCUT2D eigenvalue weighted by Crippen LogP contribution is -2.17. The molecule has 8 aromatic rings. The molecule has 1 aliphatic carbocycles. The number of fused-ring (bicyclic) bond motifs is 8. The maximum Gasteiger partial charge on any atom is 0.255 e. The van der Waals surface area contributed by atoms with E-state index in [4.69, 9.17) is 37.9 Å². The quantitative estimate of drug-likeness (QED) is 0.0297. The second kappa shape index (κ2) is 34.3. The molecule has 88 heavy (non-hydrogen) atoms. The third-order valence-corrected chi connectivity index (χ3v) is 15.0. The van der Waals surface area contributed by atoms with Gasteiger partial charge in [-0.2, -0.15) is 0 Å². The molecule has 2 amide bonds. The normalized spacial score (nSPS) is 11.9. The average molecular weight is 1190 g/mol. The summed E-state index contributed by atoms with van der Waals surface area (Å²) in [5, 5.41) is 13.4. The summed E-state index contributed by atoms with van der Waals surface area (Å²) in [6, 6.07) is 56.5. The fraction of sp³-hybridized carbons (Fsp3) is 0.324. The van der Waals surface area contributed by atoms with Gasteiger partial charge in [-0.05, 0) is 143 Å². The van der Waals surface area contributed by atoms with Gasteiger partial charge >= 0.3 is 0 Å². The number of carbonyl (C=O) groups excluding carboxylic acids is 2. The Bertz CT molecular complexity index is 3150. The van der Waals surface area contributed by atoms with Gasteiger partial charge in [0.1, 0.15) is 49.4 Å². The number of benzene rings is 8. The van der Waals surface area contributed by atoms with Crippen LogP contribution in [0.5, 0.6) is 23.0 Å². The number of carbonyl (C=O) groups is 2. The lowest BCUT2D eigenvalue weighted by molar-refractivity contribution is 0.101. The second-order valence-corrected chi connectivity index (χ2v) is 21.4. The summed E-state index contributed by atoms with van der Waals surface area (Å²) in [4.78, 5) is 29.7. The molecule has 0 atom stereocenters. The second-order valence-electron chi connectivity index (χ2n) is 21.4. The zero-order chi connectivity index (χ0) is 61.1. The van der Waals surface area contributed by atoms with Crippen molar-refractivity contribution < 1.29 is 47.5 Å². The van der Waals surface area contributed by atoms with Gasteiger partial charge in [0.25, 0.3) is 11.8 Å². The van der Waals surface area contributed by atoms with Crippen molar-refractivity contribution >= 4 is 23.2 Å². The third kappa shape index (κ3) is 18.8. The Balaban J connectivity index is 1.13. The van der Waals surface area contributed by atoms with Crippen molar-refractivity contribution in [3.05, 3.63) is 248 Å². The van der Waals surface area contributed by atoms with Crippen LogP contribution in [0.1, 0.15) is 115 Å². The molecule has 0 heterocycles. The van der Waals surface area contributed by atoms with Crippen molar-refractivity contribution in [2.75, 3.05) is 89.9 Å². The van der Waals surface area contributed by atoms with Crippen LogP contribution >= 0.6 is 0 Å². The Hall–Kier alpha value is -8.34. The minimum absolute atomic E-state index is 0.268. The summed E-state index contributed by atoms with van der Waals surface area (Å²) >= 11 is 0. The monoisotopic (exact) mass is 1190 g/mol. The molecular formula is C74H84N4O10. The van der Waals surface area contributed by atoms with Crippen molar-refractivity contribution in [1.82, 2.24) is 10.6 Å². The first-order valence-corrected chi connectivity index (χ1v) is 30.9. The van der Waals surface area contributed by atoms with E-state index in [2.05, 4.69) is 69.8 Å². The highest BCUT2D eigenvalue weighted by molar-refractivity contribution is 6.05. The Morgan fingerprint density at radius 2 is 0.591 bits per heavy atom. The number of amides is 2. The van der Waals surface area contributed by atoms with E-state index in [9.17, 15) is 9.59 Å². The molecule has 14 heteroatoms. The molecule has 0 radical (unpaired) electrons. The fourth-order valence-corrected chi connectivity index (χ4v) is 10.8. The lowest BCUT2D eigenvalue weighted by Gasteiger charge is -2.24. The molecule has 0 spiro atoms. The molecule has 1 aliphatic rings. The molecule has 9 rings (SSSR count). The van der Waals surface area contributed by atoms with Gasteiger partial charge in [-0.25, -0.2) is 0 Å². The Morgan fingerprint density at radius 3 is 0.875 bits per heavy atom. The number of nitrogens with one attached hydrogen (secondary N) is 4. The highest BCUT2D eigenvalue weighted by Crippen LogP contribution is 2.40. The van der Waals surface area contributed by atoms with Gasteiger partial charge in [0.2, 0.25) is 0 Å². The van der Waals surface area contributed by atoms with Crippen LogP contribution in [0.2, 0.25) is 0 Å². The van der Waals surface area contributed by atoms with Gasteiger partial charge in [-0.3, -0.25) is 9.59 Å². The molecule has 460 valence electrons. The van der Waals surface area contributed by atoms with Crippen LogP contribution in [-0.2, 0) is 70.8 Å². The minimum Gasteiger partial charge on any atom is -0.491 e. The van der Waals surface area contributed by atoms with Crippen LogP contribution in [0.25, 0.3) is 0 Å². The maximum atomic E-state index is 14.8. The summed E-state index contributed by atoms with van der Waals surface area (Å²) in [6.45, 7) is 15.4. The fourth-order valence-electron chi connectivity index (χ4n) is 10.8. The maximum absolute atomic E-state index is 14.8. The minimum atomic E-state index is -0.268. The Labute approximate surface area is 519 Å². The molecule has 0 saturated heterocycles. The van der Waals surface area contributed by atoms with Crippen molar-refractivity contribution in [2.24, 2.45) is 0 Å². The van der Waals surface area contributed by atoms with Crippen LogP contribution in [0.4, 0.5) is 11.4 Å². The van der Waals surface area contributed by atoms with E-state index >= 15 is 0 Å². The molecular weight excluding hydrogens is 1100 g/mol. The van der Waals surface area contributed by atoms with Gasteiger partial charge in [0.05, 0.1) is 26.4 Å². The van der Waals surface area contributed by atoms with Gasteiger partial charge < -0.3 is 59.2 Å². The highest BCUT2D eigenvalue weighted by Gasteiger charge is 2.26. The highest BCUT2D eigenvalue weighted by atomic mass is 16.5. The van der Waals surface area contributed by atoms with Gasteiger partial charge in [-0.15, -0.1) is 0 Å². The Morgan fingerprint density at radius 1 is 0.318 bits per heavy atom. The van der Waals surface area contributed by atoms with E-state index in [-0.39, 0.29) is 38.2 Å². The first-order valence-electron chi connectivity index (χ1n) is 30.9. The summed E-state index contributed by atoms with van der Waals surface area (Å²) < 4.78 is 50.8. The van der Waals surface area contributed by atoms with Crippen LogP contribution < -0.4 is 40.2 Å². The molecule has 14 nitrogen and oxygen atoms in total. The Kier molecular flexibility index (Phi) is 25.0. The van der Waals surface area contributed by atoms with Crippen LogP contribution in [0.15, 0.2) is 170 Å². The van der Waals surface area contributed by atoms with Gasteiger partial charge in [0.15, 0.2) is 0 Å². The van der Waals surface area contributed by atoms with Gasteiger partial charge in [0, 0.05) is 101 Å². The number of rotatable bonds is 32. The first kappa shape index (κ1) is 64.1. The van der Waals surface area contributed by atoms with Gasteiger partial charge in [-0.1, -0.05) is 121 Å². The number of anilines is 2. The molecule has 8 aromatic carbocycles. The molecule has 0 fully saturated rings. The molecule has 0 aromatic heterocycles. The summed E-state index contributed by atoms with van der Waals surface area (Å²) in [5.74, 6) is 2.08. The van der Waals surface area contributed by atoms with E-state index in [0.717, 1.165) is 68.7 Å². The molecule has 8 bridgehead atoms. The third-order valence-electron chi connectivity index (χ3n) is 15.0. The van der Waals surface area contributed by atoms with Crippen molar-refractivity contribution in [3.8, 4) is 23.0 Å². The molecule has 4 N–H and O–H groups in total. The predicted octanol–water partition coefficient (Wildman–Crippen LogP) is 13.1. The van der Waals surface area contributed by atoms with Crippen molar-refractivity contribution in [2.45, 2.75) is 79.6 Å². The van der Waals surface area contributed by atoms with E-state index in [1.165, 1.54) is 11.1 Å². The number of hydrogen-bond donors (Lipinski definition) is 4. The number of ether oxygens (including phenoxy) is 8. The number of para-hydroxylation sites is 2. The zero-order valence-electron chi connectivity index (χ0n) is 51.4.